The molecule has 0 atom stereocenters. The molecule has 1 N–H and O–H groups in total. The van der Waals surface area contributed by atoms with Crippen LogP contribution in [0.4, 0.5) is 11.4 Å². The van der Waals surface area contributed by atoms with Crippen molar-refractivity contribution in [3.63, 3.8) is 0 Å². The number of phenolic OH excluding ortho intramolecular Hbond substituents is 1. The van der Waals surface area contributed by atoms with Gasteiger partial charge in [-0.2, -0.15) is 0 Å². The number of hydrogen-bond donors (Lipinski definition) is 1. The lowest BCUT2D eigenvalue weighted by Gasteiger charge is -2.17. The van der Waals surface area contributed by atoms with Gasteiger partial charge in [0.05, 0.1) is 12.3 Å². The standard InChI is InChI=1S/C23H22N2O2/c1-2-27-23-13-17(7-12-22(23)26)14-24-20-8-10-21(11-9-20)25-15-18-5-3-4-6-19(18)16-25/h3-14,26H,2,15-16H2,1H3. The van der Waals surface area contributed by atoms with Crippen molar-refractivity contribution in [3.8, 4) is 11.5 Å². The SMILES string of the molecule is CCOc1cc(C=Nc2ccc(N3Cc4ccccc4C3)cc2)ccc1O. The minimum atomic E-state index is 0.143. The highest BCUT2D eigenvalue weighted by molar-refractivity contribution is 5.83. The van der Waals surface area contributed by atoms with Gasteiger partial charge in [0.15, 0.2) is 11.5 Å². The van der Waals surface area contributed by atoms with Gasteiger partial charge in [0.25, 0.3) is 0 Å². The third-order valence-electron chi connectivity index (χ3n) is 4.70. The van der Waals surface area contributed by atoms with Gasteiger partial charge in [-0.25, -0.2) is 0 Å². The maximum Gasteiger partial charge on any atom is 0.161 e. The van der Waals surface area contributed by atoms with Crippen molar-refractivity contribution < 1.29 is 9.84 Å². The first-order valence-electron chi connectivity index (χ1n) is 9.14. The van der Waals surface area contributed by atoms with E-state index in [0.29, 0.717) is 12.4 Å². The van der Waals surface area contributed by atoms with Gasteiger partial charge in [-0.3, -0.25) is 4.99 Å². The monoisotopic (exact) mass is 358 g/mol. The molecule has 0 aliphatic carbocycles. The molecule has 0 bridgehead atoms. The second kappa shape index (κ2) is 7.54. The van der Waals surface area contributed by atoms with E-state index in [2.05, 4.69) is 46.3 Å². The van der Waals surface area contributed by atoms with Gasteiger partial charge in [-0.1, -0.05) is 24.3 Å². The van der Waals surface area contributed by atoms with E-state index in [-0.39, 0.29) is 5.75 Å². The zero-order chi connectivity index (χ0) is 18.6. The number of phenols is 1. The van der Waals surface area contributed by atoms with Gasteiger partial charge in [-0.05, 0) is 66.1 Å². The summed E-state index contributed by atoms with van der Waals surface area (Å²) in [6, 6.07) is 22.1. The van der Waals surface area contributed by atoms with Crippen LogP contribution in [0, 0.1) is 0 Å². The van der Waals surface area contributed by atoms with Crippen molar-refractivity contribution in [1.82, 2.24) is 0 Å². The maximum atomic E-state index is 9.78. The van der Waals surface area contributed by atoms with Crippen LogP contribution < -0.4 is 9.64 Å². The van der Waals surface area contributed by atoms with Crippen molar-refractivity contribution in [2.45, 2.75) is 20.0 Å². The molecular weight excluding hydrogens is 336 g/mol. The Morgan fingerprint density at radius 2 is 1.70 bits per heavy atom. The molecule has 0 saturated carbocycles. The molecule has 0 spiro atoms. The highest BCUT2D eigenvalue weighted by Crippen LogP contribution is 2.30. The Morgan fingerprint density at radius 3 is 2.37 bits per heavy atom. The van der Waals surface area contributed by atoms with Crippen molar-refractivity contribution in [2.24, 2.45) is 4.99 Å². The number of fused-ring (bicyclic) bond motifs is 1. The Labute approximate surface area is 159 Å². The van der Waals surface area contributed by atoms with Gasteiger partial charge in [-0.15, -0.1) is 0 Å². The quantitative estimate of drug-likeness (QED) is 0.648. The predicted molar refractivity (Wildman–Crippen MR) is 109 cm³/mol. The van der Waals surface area contributed by atoms with Crippen molar-refractivity contribution in [2.75, 3.05) is 11.5 Å². The average molecular weight is 358 g/mol. The van der Waals surface area contributed by atoms with E-state index in [9.17, 15) is 5.11 Å². The average Bonchev–Trinajstić information content (AvgIpc) is 3.13. The molecule has 0 fully saturated rings. The van der Waals surface area contributed by atoms with Crippen LogP contribution in [0.25, 0.3) is 0 Å². The zero-order valence-corrected chi connectivity index (χ0v) is 15.3. The highest BCUT2D eigenvalue weighted by atomic mass is 16.5. The number of aromatic hydroxyl groups is 1. The zero-order valence-electron chi connectivity index (χ0n) is 15.3. The molecule has 4 heteroatoms. The molecule has 1 aliphatic heterocycles. The first-order chi connectivity index (χ1) is 13.2. The number of aliphatic imine (C=N–C) groups is 1. The smallest absolute Gasteiger partial charge is 0.161 e. The molecule has 0 amide bonds. The van der Waals surface area contributed by atoms with Crippen molar-refractivity contribution in [1.29, 1.82) is 0 Å². The number of benzene rings is 3. The molecule has 1 heterocycles. The molecule has 0 aromatic heterocycles. The third kappa shape index (κ3) is 3.80. The second-order valence-electron chi connectivity index (χ2n) is 6.56. The van der Waals surface area contributed by atoms with Crippen LogP contribution in [-0.4, -0.2) is 17.9 Å². The molecule has 4 rings (SSSR count). The molecule has 0 saturated heterocycles. The summed E-state index contributed by atoms with van der Waals surface area (Å²) in [6.07, 6.45) is 1.78. The first-order valence-corrected chi connectivity index (χ1v) is 9.14. The Balaban J connectivity index is 1.46. The van der Waals surface area contributed by atoms with Crippen LogP contribution in [0.3, 0.4) is 0 Å². The number of nitrogens with zero attached hydrogens (tertiary/aromatic N) is 2. The fraction of sp³-hybridized carbons (Fsp3) is 0.174. The minimum absolute atomic E-state index is 0.143. The largest absolute Gasteiger partial charge is 0.504 e. The Bertz CT molecular complexity index is 939. The van der Waals surface area contributed by atoms with E-state index in [1.807, 2.05) is 25.1 Å². The topological polar surface area (TPSA) is 45.1 Å². The lowest BCUT2D eigenvalue weighted by molar-refractivity contribution is 0.318. The summed E-state index contributed by atoms with van der Waals surface area (Å²) in [5, 5.41) is 9.78. The maximum absolute atomic E-state index is 9.78. The molecule has 4 nitrogen and oxygen atoms in total. The van der Waals surface area contributed by atoms with Gasteiger partial charge in [0, 0.05) is 25.0 Å². The summed E-state index contributed by atoms with van der Waals surface area (Å²) in [6.45, 7) is 4.30. The van der Waals surface area contributed by atoms with Gasteiger partial charge < -0.3 is 14.7 Å². The van der Waals surface area contributed by atoms with Crippen LogP contribution >= 0.6 is 0 Å². The fourth-order valence-electron chi connectivity index (χ4n) is 3.30. The summed E-state index contributed by atoms with van der Waals surface area (Å²) >= 11 is 0. The lowest BCUT2D eigenvalue weighted by atomic mass is 10.1. The normalized spacial score (nSPS) is 13.1. The lowest BCUT2D eigenvalue weighted by Crippen LogP contribution is -2.13. The van der Waals surface area contributed by atoms with Gasteiger partial charge in [0.2, 0.25) is 0 Å². The Hall–Kier alpha value is -3.27. The van der Waals surface area contributed by atoms with E-state index in [4.69, 9.17) is 4.74 Å². The Kier molecular flexibility index (Phi) is 4.79. The van der Waals surface area contributed by atoms with Crippen LogP contribution in [0.2, 0.25) is 0 Å². The highest BCUT2D eigenvalue weighted by Gasteiger charge is 2.18. The van der Waals surface area contributed by atoms with Gasteiger partial charge in [0.1, 0.15) is 0 Å². The molecule has 136 valence electrons. The van der Waals surface area contributed by atoms with E-state index < -0.39 is 0 Å². The molecule has 3 aromatic carbocycles. The van der Waals surface area contributed by atoms with Crippen LogP contribution in [0.5, 0.6) is 11.5 Å². The van der Waals surface area contributed by atoms with Crippen molar-refractivity contribution >= 4 is 17.6 Å². The number of hydrogen-bond acceptors (Lipinski definition) is 4. The molecule has 1 aliphatic rings. The van der Waals surface area contributed by atoms with E-state index in [0.717, 1.165) is 24.3 Å². The summed E-state index contributed by atoms with van der Waals surface area (Å²) in [4.78, 5) is 6.90. The second-order valence-corrected chi connectivity index (χ2v) is 6.56. The van der Waals surface area contributed by atoms with Crippen LogP contribution in [0.1, 0.15) is 23.6 Å². The summed E-state index contributed by atoms with van der Waals surface area (Å²) in [5.41, 5.74) is 5.78. The fourth-order valence-corrected chi connectivity index (χ4v) is 3.30. The molecule has 27 heavy (non-hydrogen) atoms. The molecule has 3 aromatic rings. The van der Waals surface area contributed by atoms with Crippen LogP contribution in [-0.2, 0) is 13.1 Å². The van der Waals surface area contributed by atoms with E-state index in [1.165, 1.54) is 16.8 Å². The number of anilines is 1. The minimum Gasteiger partial charge on any atom is -0.504 e. The molecule has 0 unspecified atom stereocenters. The number of ether oxygens (including phenoxy) is 1. The van der Waals surface area contributed by atoms with Gasteiger partial charge >= 0.3 is 0 Å². The van der Waals surface area contributed by atoms with E-state index >= 15 is 0 Å². The first kappa shape index (κ1) is 17.2. The van der Waals surface area contributed by atoms with Crippen molar-refractivity contribution in [3.05, 3.63) is 83.4 Å². The van der Waals surface area contributed by atoms with E-state index in [1.54, 1.807) is 18.3 Å². The van der Waals surface area contributed by atoms with Crippen LogP contribution in [0.15, 0.2) is 71.7 Å². The predicted octanol–water partition coefficient (Wildman–Crippen LogP) is 5.06. The third-order valence-corrected chi connectivity index (χ3v) is 4.70. The molecular formula is C23H22N2O2. The summed E-state index contributed by atoms with van der Waals surface area (Å²) < 4.78 is 5.41. The Morgan fingerprint density at radius 1 is 1.00 bits per heavy atom. The summed E-state index contributed by atoms with van der Waals surface area (Å²) in [5.74, 6) is 0.621. The number of rotatable bonds is 5. The summed E-state index contributed by atoms with van der Waals surface area (Å²) in [7, 11) is 0. The molecule has 0 radical (unpaired) electrons.